The smallest absolute Gasteiger partial charge is 0.333 e. The molecule has 0 aromatic heterocycles. The molecule has 0 bridgehead atoms. The molecule has 0 heterocycles. The summed E-state index contributed by atoms with van der Waals surface area (Å²) in [4.78, 5) is 45.3. The fourth-order valence-electron chi connectivity index (χ4n) is 3.02. The second-order valence-corrected chi connectivity index (χ2v) is 8.99. The predicted molar refractivity (Wildman–Crippen MR) is 152 cm³/mol. The lowest BCUT2D eigenvalue weighted by atomic mass is 10.1. The Morgan fingerprint density at radius 3 is 1.46 bits per heavy atom. The van der Waals surface area contributed by atoms with Crippen LogP contribution in [-0.4, -0.2) is 72.4 Å². The summed E-state index contributed by atoms with van der Waals surface area (Å²) in [6.45, 7) is 12.2. The van der Waals surface area contributed by atoms with Crippen molar-refractivity contribution in [3.63, 3.8) is 0 Å². The fourth-order valence-corrected chi connectivity index (χ4v) is 3.02. The number of hydrogen-bond acceptors (Lipinski definition) is 10. The molecule has 2 aromatic carbocycles. The van der Waals surface area contributed by atoms with Gasteiger partial charge in [-0.15, -0.1) is 0 Å². The van der Waals surface area contributed by atoms with E-state index < -0.39 is 24.1 Å². The van der Waals surface area contributed by atoms with Crippen LogP contribution in [0.4, 0.5) is 0 Å². The Hall–Kier alpha value is -4.28. The van der Waals surface area contributed by atoms with Gasteiger partial charge in [-0.2, -0.15) is 0 Å². The van der Waals surface area contributed by atoms with Crippen molar-refractivity contribution in [2.75, 3.05) is 26.4 Å². The average Bonchev–Trinajstić information content (AvgIpc) is 2.93. The number of carbonyl (C=O) groups excluding carboxylic acids is 4. The minimum atomic E-state index is -0.656. The highest BCUT2D eigenvalue weighted by molar-refractivity contribution is 5.97. The zero-order valence-electron chi connectivity index (χ0n) is 23.7. The van der Waals surface area contributed by atoms with Crippen LogP contribution < -0.4 is 9.47 Å². The van der Waals surface area contributed by atoms with Gasteiger partial charge in [0, 0.05) is 35.6 Å². The minimum absolute atomic E-state index is 0.0943. The van der Waals surface area contributed by atoms with Crippen LogP contribution in [-0.2, 0) is 19.1 Å². The van der Waals surface area contributed by atoms with Gasteiger partial charge in [0.2, 0.25) is 0 Å². The molecule has 0 aliphatic carbocycles. The average molecular weight is 571 g/mol. The van der Waals surface area contributed by atoms with Gasteiger partial charge in [0.05, 0.1) is 12.2 Å². The van der Waals surface area contributed by atoms with Crippen molar-refractivity contribution in [3.05, 3.63) is 84.5 Å². The van der Waals surface area contributed by atoms with Crippen molar-refractivity contribution in [2.45, 2.75) is 45.8 Å². The van der Waals surface area contributed by atoms with E-state index in [0.29, 0.717) is 28.2 Å². The van der Waals surface area contributed by atoms with E-state index >= 15 is 0 Å². The molecule has 2 rings (SSSR count). The Morgan fingerprint density at radius 1 is 0.732 bits per heavy atom. The van der Waals surface area contributed by atoms with Crippen LogP contribution in [0.15, 0.2) is 73.3 Å². The van der Waals surface area contributed by atoms with E-state index in [-0.39, 0.29) is 50.8 Å². The standard InChI is InChI=1S/C16H20O5.C15H18O5/c1-11(2)16(19)21-9-8-20-14-6-4-13(5-7-14)15(18)10-12(3)17;1-3-15(18)20-9-8-19-13-6-4-12(5-7-13)14(17)10-11(2)16/h4-7,12,17H,1,8-10H2,2-3H3;3-7,11,16H,1,8-10H2,2H3. The van der Waals surface area contributed by atoms with Gasteiger partial charge >= 0.3 is 11.9 Å². The molecule has 2 aromatic rings. The normalized spacial score (nSPS) is 11.5. The summed E-state index contributed by atoms with van der Waals surface area (Å²) < 4.78 is 20.4. The lowest BCUT2D eigenvalue weighted by Gasteiger charge is -2.08. The predicted octanol–water partition coefficient (Wildman–Crippen LogP) is 3.89. The molecule has 0 spiro atoms. The molecule has 2 atom stereocenters. The maximum Gasteiger partial charge on any atom is 0.333 e. The van der Waals surface area contributed by atoms with Crippen molar-refractivity contribution < 1.29 is 48.3 Å². The van der Waals surface area contributed by atoms with E-state index in [0.717, 1.165) is 6.08 Å². The van der Waals surface area contributed by atoms with Crippen LogP contribution in [0.1, 0.15) is 54.3 Å². The lowest BCUT2D eigenvalue weighted by Crippen LogP contribution is -2.12. The van der Waals surface area contributed by atoms with Crippen LogP contribution in [0.2, 0.25) is 0 Å². The molecule has 2 N–H and O–H groups in total. The highest BCUT2D eigenvalue weighted by atomic mass is 16.6. The Balaban J connectivity index is 0.000000410. The number of ketones is 2. The van der Waals surface area contributed by atoms with E-state index in [4.69, 9.17) is 24.1 Å². The first-order valence-corrected chi connectivity index (χ1v) is 12.9. The summed E-state index contributed by atoms with van der Waals surface area (Å²) in [7, 11) is 0. The van der Waals surface area contributed by atoms with Gasteiger partial charge < -0.3 is 29.2 Å². The third-order valence-electron chi connectivity index (χ3n) is 5.01. The Kier molecular flexibility index (Phi) is 16.0. The van der Waals surface area contributed by atoms with Crippen molar-refractivity contribution in [2.24, 2.45) is 0 Å². The van der Waals surface area contributed by atoms with Gasteiger partial charge in [0.1, 0.15) is 37.9 Å². The quantitative estimate of drug-likeness (QED) is 0.132. The second kappa shape index (κ2) is 18.9. The number of esters is 2. The highest BCUT2D eigenvalue weighted by Gasteiger charge is 2.10. The summed E-state index contributed by atoms with van der Waals surface area (Å²) in [6.07, 6.45) is -0.0356. The number of aliphatic hydroxyl groups is 2. The van der Waals surface area contributed by atoms with Crippen molar-refractivity contribution in [3.8, 4) is 11.5 Å². The zero-order chi connectivity index (χ0) is 30.8. The van der Waals surface area contributed by atoms with Crippen LogP contribution >= 0.6 is 0 Å². The van der Waals surface area contributed by atoms with E-state index in [1.54, 1.807) is 69.3 Å². The van der Waals surface area contributed by atoms with Crippen molar-refractivity contribution >= 4 is 23.5 Å². The lowest BCUT2D eigenvalue weighted by molar-refractivity contribution is -0.140. The number of benzene rings is 2. The largest absolute Gasteiger partial charge is 0.490 e. The van der Waals surface area contributed by atoms with Gasteiger partial charge in [-0.05, 0) is 69.3 Å². The van der Waals surface area contributed by atoms with E-state index in [1.165, 1.54) is 0 Å². The Bertz CT molecular complexity index is 1150. The van der Waals surface area contributed by atoms with Gasteiger partial charge in [0.25, 0.3) is 0 Å². The summed E-state index contributed by atoms with van der Waals surface area (Å²) in [5.41, 5.74) is 1.39. The Morgan fingerprint density at radius 2 is 1.12 bits per heavy atom. The molecular weight excluding hydrogens is 532 g/mol. The number of hydrogen-bond donors (Lipinski definition) is 2. The van der Waals surface area contributed by atoms with Crippen molar-refractivity contribution in [1.82, 2.24) is 0 Å². The first kappa shape index (κ1) is 34.7. The van der Waals surface area contributed by atoms with Crippen LogP contribution in [0, 0.1) is 0 Å². The van der Waals surface area contributed by atoms with E-state index in [9.17, 15) is 24.3 Å². The molecule has 0 radical (unpaired) electrons. The van der Waals surface area contributed by atoms with E-state index in [2.05, 4.69) is 13.2 Å². The highest BCUT2D eigenvalue weighted by Crippen LogP contribution is 2.15. The summed E-state index contributed by atoms with van der Waals surface area (Å²) >= 11 is 0. The SMILES string of the molecule is C=C(C)C(=O)OCCOc1ccc(C(=O)CC(C)O)cc1.C=CC(=O)OCCOc1ccc(C(=O)CC(C)O)cc1. The second-order valence-electron chi connectivity index (χ2n) is 8.99. The molecule has 2 unspecified atom stereocenters. The maximum atomic E-state index is 11.7. The third-order valence-corrected chi connectivity index (χ3v) is 5.01. The van der Waals surface area contributed by atoms with Crippen molar-refractivity contribution in [1.29, 1.82) is 0 Å². The molecule has 0 fully saturated rings. The molecule has 0 amide bonds. The summed E-state index contributed by atoms with van der Waals surface area (Å²) in [5.74, 6) is -0.0213. The summed E-state index contributed by atoms with van der Waals surface area (Å²) in [5, 5.41) is 18.3. The third kappa shape index (κ3) is 15.2. The zero-order valence-corrected chi connectivity index (χ0v) is 23.7. The molecular formula is C31H38O10. The molecule has 0 saturated carbocycles. The van der Waals surface area contributed by atoms with Gasteiger partial charge in [-0.1, -0.05) is 13.2 Å². The molecule has 10 heteroatoms. The Labute approximate surface area is 240 Å². The van der Waals surface area contributed by atoms with E-state index in [1.807, 2.05) is 0 Å². The van der Waals surface area contributed by atoms with Crippen LogP contribution in [0.25, 0.3) is 0 Å². The number of ether oxygens (including phenoxy) is 4. The first-order valence-electron chi connectivity index (χ1n) is 12.9. The topological polar surface area (TPSA) is 146 Å². The number of aliphatic hydroxyl groups excluding tert-OH is 2. The fraction of sp³-hybridized carbons (Fsp3) is 0.355. The molecule has 0 aliphatic rings. The van der Waals surface area contributed by atoms with Gasteiger partial charge in [-0.3, -0.25) is 9.59 Å². The number of carbonyl (C=O) groups is 4. The first-order chi connectivity index (χ1) is 19.4. The van der Waals surface area contributed by atoms with Crippen LogP contribution in [0.3, 0.4) is 0 Å². The molecule has 10 nitrogen and oxygen atoms in total. The van der Waals surface area contributed by atoms with Crippen LogP contribution in [0.5, 0.6) is 11.5 Å². The monoisotopic (exact) mass is 570 g/mol. The number of rotatable bonds is 16. The minimum Gasteiger partial charge on any atom is -0.490 e. The van der Waals surface area contributed by atoms with Gasteiger partial charge in [0.15, 0.2) is 11.6 Å². The molecule has 0 saturated heterocycles. The number of Topliss-reactive ketones (excluding diaryl/α,β-unsaturated/α-hetero) is 2. The molecule has 222 valence electrons. The molecule has 41 heavy (non-hydrogen) atoms. The van der Waals surface area contributed by atoms with Gasteiger partial charge in [-0.25, -0.2) is 9.59 Å². The maximum absolute atomic E-state index is 11.7. The molecule has 0 aliphatic heterocycles. The summed E-state index contributed by atoms with van der Waals surface area (Å²) in [6, 6.07) is 13.2.